The molecule has 2 atom stereocenters. The maximum atomic E-state index is 11.1. The number of hydrogen-bond acceptors (Lipinski definition) is 4. The van der Waals surface area contributed by atoms with Gasteiger partial charge < -0.3 is 10.0 Å². The van der Waals surface area contributed by atoms with Gasteiger partial charge in [0.05, 0.1) is 10.4 Å². The second-order valence-corrected chi connectivity index (χ2v) is 5.33. The van der Waals surface area contributed by atoms with Crippen molar-refractivity contribution in [2.75, 3.05) is 18.0 Å². The van der Waals surface area contributed by atoms with Crippen LogP contribution in [0.4, 0.5) is 5.82 Å². The van der Waals surface area contributed by atoms with Crippen LogP contribution in [0, 0.1) is 11.8 Å². The summed E-state index contributed by atoms with van der Waals surface area (Å²) in [5.74, 6) is 0.0804. The molecule has 1 fully saturated rings. The quantitative estimate of drug-likeness (QED) is 0.902. The minimum absolute atomic E-state index is 0.319. The fraction of sp³-hybridized carbons (Fsp3) is 0.545. The third kappa shape index (κ3) is 2.74. The Morgan fingerprint density at radius 1 is 1.59 bits per heavy atom. The van der Waals surface area contributed by atoms with Gasteiger partial charge in [-0.1, -0.05) is 6.92 Å². The molecule has 2 unspecified atom stereocenters. The Labute approximate surface area is 108 Å². The molecule has 0 aromatic carbocycles. The second-order valence-electron chi connectivity index (χ2n) is 4.48. The van der Waals surface area contributed by atoms with Gasteiger partial charge in [-0.2, -0.15) is 0 Å². The number of aromatic nitrogens is 2. The van der Waals surface area contributed by atoms with Crippen molar-refractivity contribution in [3.63, 3.8) is 0 Å². The molecule has 1 aromatic rings. The molecule has 0 radical (unpaired) electrons. The Morgan fingerprint density at radius 3 is 3.00 bits per heavy atom. The van der Waals surface area contributed by atoms with Gasteiger partial charge in [-0.05, 0) is 28.3 Å². The van der Waals surface area contributed by atoms with Gasteiger partial charge in [0.1, 0.15) is 12.1 Å². The highest BCUT2D eigenvalue weighted by Gasteiger charge is 2.30. The molecule has 0 saturated carbocycles. The van der Waals surface area contributed by atoms with Gasteiger partial charge in [-0.25, -0.2) is 9.97 Å². The highest BCUT2D eigenvalue weighted by Crippen LogP contribution is 2.29. The molecular weight excluding hydrogens is 286 g/mol. The van der Waals surface area contributed by atoms with Gasteiger partial charge in [0, 0.05) is 19.3 Å². The van der Waals surface area contributed by atoms with Crippen LogP contribution in [0.3, 0.4) is 0 Å². The predicted molar refractivity (Wildman–Crippen MR) is 66.9 cm³/mol. The van der Waals surface area contributed by atoms with Gasteiger partial charge in [-0.15, -0.1) is 0 Å². The lowest BCUT2D eigenvalue weighted by atomic mass is 9.90. The van der Waals surface area contributed by atoms with E-state index in [4.69, 9.17) is 5.11 Å². The zero-order valence-corrected chi connectivity index (χ0v) is 11.1. The Kier molecular flexibility index (Phi) is 3.61. The van der Waals surface area contributed by atoms with Crippen molar-refractivity contribution >= 4 is 27.7 Å². The SMILES string of the molecule is CC1CC(C(=O)O)CN(c2ncncc2Br)C1. The molecule has 1 saturated heterocycles. The molecule has 6 heteroatoms. The fourth-order valence-electron chi connectivity index (χ4n) is 2.24. The first-order chi connectivity index (χ1) is 8.08. The highest BCUT2D eigenvalue weighted by molar-refractivity contribution is 9.10. The van der Waals surface area contributed by atoms with Gasteiger partial charge in [-0.3, -0.25) is 4.79 Å². The molecule has 0 spiro atoms. The summed E-state index contributed by atoms with van der Waals surface area (Å²) >= 11 is 3.39. The monoisotopic (exact) mass is 299 g/mol. The lowest BCUT2D eigenvalue weighted by Crippen LogP contribution is -2.43. The molecule has 92 valence electrons. The molecule has 2 heterocycles. The van der Waals surface area contributed by atoms with E-state index in [0.29, 0.717) is 12.5 Å². The number of carboxylic acid groups (broad SMARTS) is 1. The van der Waals surface area contributed by atoms with Crippen molar-refractivity contribution in [3.8, 4) is 0 Å². The van der Waals surface area contributed by atoms with Gasteiger partial charge in [0.25, 0.3) is 0 Å². The zero-order chi connectivity index (χ0) is 12.4. The van der Waals surface area contributed by atoms with Crippen molar-refractivity contribution in [1.29, 1.82) is 0 Å². The van der Waals surface area contributed by atoms with Crippen LogP contribution in [0.15, 0.2) is 17.0 Å². The van der Waals surface area contributed by atoms with Crippen molar-refractivity contribution in [2.45, 2.75) is 13.3 Å². The Morgan fingerprint density at radius 2 is 2.35 bits per heavy atom. The summed E-state index contributed by atoms with van der Waals surface area (Å²) in [5.41, 5.74) is 0. The fourth-order valence-corrected chi connectivity index (χ4v) is 2.71. The van der Waals surface area contributed by atoms with Crippen molar-refractivity contribution < 1.29 is 9.90 Å². The van der Waals surface area contributed by atoms with Crippen LogP contribution in [-0.4, -0.2) is 34.1 Å². The summed E-state index contributed by atoms with van der Waals surface area (Å²) in [6.07, 6.45) is 3.89. The number of anilines is 1. The molecular formula is C11H14BrN3O2. The second kappa shape index (κ2) is 5.00. The number of aliphatic carboxylic acids is 1. The Hall–Kier alpha value is -1.17. The normalized spacial score (nSPS) is 24.7. The highest BCUT2D eigenvalue weighted by atomic mass is 79.9. The minimum atomic E-state index is -0.730. The summed E-state index contributed by atoms with van der Waals surface area (Å²) in [6.45, 7) is 3.41. The first kappa shape index (κ1) is 12.3. The minimum Gasteiger partial charge on any atom is -0.481 e. The molecule has 0 amide bonds. The topological polar surface area (TPSA) is 66.3 Å². The largest absolute Gasteiger partial charge is 0.481 e. The molecule has 1 N–H and O–H groups in total. The third-order valence-corrected chi connectivity index (χ3v) is 3.52. The maximum absolute atomic E-state index is 11.1. The number of rotatable bonds is 2. The van der Waals surface area contributed by atoms with Crippen LogP contribution < -0.4 is 4.90 Å². The number of carboxylic acids is 1. The molecule has 1 aliphatic heterocycles. The molecule has 2 rings (SSSR count). The molecule has 0 aliphatic carbocycles. The van der Waals surface area contributed by atoms with Crippen molar-refractivity contribution in [1.82, 2.24) is 9.97 Å². The van der Waals surface area contributed by atoms with E-state index in [-0.39, 0.29) is 5.92 Å². The van der Waals surface area contributed by atoms with Gasteiger partial charge in [0.15, 0.2) is 0 Å². The summed E-state index contributed by atoms with van der Waals surface area (Å²) in [4.78, 5) is 21.2. The Bertz CT molecular complexity index is 427. The lowest BCUT2D eigenvalue weighted by molar-refractivity contribution is -0.142. The van der Waals surface area contributed by atoms with E-state index in [1.165, 1.54) is 6.33 Å². The number of piperidine rings is 1. The number of carbonyl (C=O) groups is 1. The summed E-state index contributed by atoms with van der Waals surface area (Å²) in [5, 5.41) is 9.12. The Balaban J connectivity index is 2.21. The smallest absolute Gasteiger partial charge is 0.308 e. The van der Waals surface area contributed by atoms with Crippen LogP contribution in [0.1, 0.15) is 13.3 Å². The first-order valence-corrected chi connectivity index (χ1v) is 6.30. The van der Waals surface area contributed by atoms with E-state index in [1.807, 2.05) is 4.90 Å². The van der Waals surface area contributed by atoms with E-state index >= 15 is 0 Å². The molecule has 1 aliphatic rings. The summed E-state index contributed by atoms with van der Waals surface area (Å²) < 4.78 is 0.804. The van der Waals surface area contributed by atoms with E-state index < -0.39 is 5.97 Å². The van der Waals surface area contributed by atoms with Crippen molar-refractivity contribution in [3.05, 3.63) is 17.0 Å². The number of nitrogens with zero attached hydrogens (tertiary/aromatic N) is 3. The van der Waals surface area contributed by atoms with E-state index in [2.05, 4.69) is 32.8 Å². The predicted octanol–water partition coefficient (Wildman–Crippen LogP) is 1.79. The summed E-state index contributed by atoms with van der Waals surface area (Å²) in [7, 11) is 0. The molecule has 17 heavy (non-hydrogen) atoms. The lowest BCUT2D eigenvalue weighted by Gasteiger charge is -2.35. The van der Waals surface area contributed by atoms with Crippen LogP contribution in [-0.2, 0) is 4.79 Å². The molecule has 0 bridgehead atoms. The van der Waals surface area contributed by atoms with Gasteiger partial charge in [0.2, 0.25) is 0 Å². The summed E-state index contributed by atoms with van der Waals surface area (Å²) in [6, 6.07) is 0. The number of hydrogen-bond donors (Lipinski definition) is 1. The maximum Gasteiger partial charge on any atom is 0.308 e. The van der Waals surface area contributed by atoms with Crippen LogP contribution in [0.5, 0.6) is 0 Å². The first-order valence-electron chi connectivity index (χ1n) is 5.51. The van der Waals surface area contributed by atoms with E-state index in [9.17, 15) is 4.79 Å². The third-order valence-electron chi connectivity index (χ3n) is 2.96. The standard InChI is InChI=1S/C11H14BrN3O2/c1-7-2-8(11(16)17)5-15(4-7)10-9(12)3-13-6-14-10/h3,6-8H,2,4-5H2,1H3,(H,16,17). The van der Waals surface area contributed by atoms with E-state index in [0.717, 1.165) is 23.3 Å². The molecule has 5 nitrogen and oxygen atoms in total. The molecule has 1 aromatic heterocycles. The van der Waals surface area contributed by atoms with E-state index in [1.54, 1.807) is 6.20 Å². The average Bonchev–Trinajstić information content (AvgIpc) is 2.28. The average molecular weight is 300 g/mol. The van der Waals surface area contributed by atoms with Crippen molar-refractivity contribution in [2.24, 2.45) is 11.8 Å². The van der Waals surface area contributed by atoms with Crippen LogP contribution in [0.2, 0.25) is 0 Å². The van der Waals surface area contributed by atoms with Crippen LogP contribution >= 0.6 is 15.9 Å². The van der Waals surface area contributed by atoms with Crippen LogP contribution in [0.25, 0.3) is 0 Å². The zero-order valence-electron chi connectivity index (χ0n) is 9.51. The van der Waals surface area contributed by atoms with Gasteiger partial charge >= 0.3 is 5.97 Å². The number of halogens is 1.